The maximum Gasteiger partial charge on any atom is 0.309 e. The van der Waals surface area contributed by atoms with Crippen molar-refractivity contribution in [2.24, 2.45) is 11.8 Å². The summed E-state index contributed by atoms with van der Waals surface area (Å²) in [5.74, 6) is -0.169. The molecule has 1 saturated carbocycles. The summed E-state index contributed by atoms with van der Waals surface area (Å²) in [6, 6.07) is 5.69. The van der Waals surface area contributed by atoms with E-state index in [-0.39, 0.29) is 24.4 Å². The lowest BCUT2D eigenvalue weighted by Crippen LogP contribution is -2.21. The number of carbonyl (C=O) groups is 2. The molecule has 1 aromatic carbocycles. The molecule has 4 heteroatoms. The molecule has 2 rings (SSSR count). The fraction of sp³-hybridized carbons (Fsp3) is 0.467. The minimum Gasteiger partial charge on any atom is -0.455 e. The van der Waals surface area contributed by atoms with Crippen molar-refractivity contribution >= 4 is 17.6 Å². The number of anilines is 1. The highest BCUT2D eigenvalue weighted by atomic mass is 16.5. The van der Waals surface area contributed by atoms with Crippen LogP contribution in [0, 0.1) is 25.7 Å². The van der Waals surface area contributed by atoms with E-state index in [1.807, 2.05) is 39.0 Å². The van der Waals surface area contributed by atoms with E-state index in [0.29, 0.717) is 5.92 Å². The van der Waals surface area contributed by atoms with Gasteiger partial charge in [-0.05, 0) is 49.4 Å². The van der Waals surface area contributed by atoms with Gasteiger partial charge in [0.25, 0.3) is 5.91 Å². The third-order valence-corrected chi connectivity index (χ3v) is 3.55. The molecule has 0 heterocycles. The molecule has 19 heavy (non-hydrogen) atoms. The molecule has 0 saturated heterocycles. The zero-order valence-electron chi connectivity index (χ0n) is 11.5. The Balaban J connectivity index is 1.80. The van der Waals surface area contributed by atoms with Crippen LogP contribution in [0.4, 0.5) is 5.69 Å². The van der Waals surface area contributed by atoms with Crippen LogP contribution in [-0.4, -0.2) is 18.5 Å². The average Bonchev–Trinajstić information content (AvgIpc) is 3.08. The molecular formula is C15H19NO3. The van der Waals surface area contributed by atoms with Gasteiger partial charge < -0.3 is 10.1 Å². The summed E-state index contributed by atoms with van der Waals surface area (Å²) in [6.45, 7) is 5.79. The van der Waals surface area contributed by atoms with Crippen LogP contribution in [0.15, 0.2) is 18.2 Å². The molecule has 4 nitrogen and oxygen atoms in total. The normalized spacial score (nSPS) is 20.8. The van der Waals surface area contributed by atoms with Gasteiger partial charge in [0.2, 0.25) is 0 Å². The van der Waals surface area contributed by atoms with Crippen LogP contribution >= 0.6 is 0 Å². The van der Waals surface area contributed by atoms with Crippen molar-refractivity contribution in [1.82, 2.24) is 0 Å². The summed E-state index contributed by atoms with van der Waals surface area (Å²) in [5.41, 5.74) is 3.01. The van der Waals surface area contributed by atoms with E-state index in [1.54, 1.807) is 0 Å². The number of esters is 1. The van der Waals surface area contributed by atoms with Crippen LogP contribution < -0.4 is 5.32 Å². The molecule has 0 radical (unpaired) electrons. The van der Waals surface area contributed by atoms with E-state index in [4.69, 9.17) is 4.74 Å². The van der Waals surface area contributed by atoms with Crippen molar-refractivity contribution in [3.8, 4) is 0 Å². The number of carbonyl (C=O) groups excluding carboxylic acids is 2. The Kier molecular flexibility index (Phi) is 3.88. The summed E-state index contributed by atoms with van der Waals surface area (Å²) in [6.07, 6.45) is 0.873. The lowest BCUT2D eigenvalue weighted by Gasteiger charge is -2.08. The van der Waals surface area contributed by atoms with Gasteiger partial charge in [-0.15, -0.1) is 0 Å². The molecule has 1 N–H and O–H groups in total. The Labute approximate surface area is 113 Å². The van der Waals surface area contributed by atoms with Crippen molar-refractivity contribution in [1.29, 1.82) is 0 Å². The first-order chi connectivity index (χ1) is 8.97. The predicted molar refractivity (Wildman–Crippen MR) is 72.8 cm³/mol. The van der Waals surface area contributed by atoms with Gasteiger partial charge in [-0.3, -0.25) is 9.59 Å². The molecular weight excluding hydrogens is 242 g/mol. The quantitative estimate of drug-likeness (QED) is 0.847. The van der Waals surface area contributed by atoms with Gasteiger partial charge in [0.15, 0.2) is 6.61 Å². The summed E-state index contributed by atoms with van der Waals surface area (Å²) in [5, 5.41) is 2.72. The monoisotopic (exact) mass is 261 g/mol. The van der Waals surface area contributed by atoms with Crippen LogP contribution in [0.3, 0.4) is 0 Å². The first-order valence-corrected chi connectivity index (χ1v) is 6.51. The molecule has 1 aliphatic rings. The molecule has 0 aromatic heterocycles. The van der Waals surface area contributed by atoms with Crippen LogP contribution in [0.1, 0.15) is 24.5 Å². The fourth-order valence-corrected chi connectivity index (χ4v) is 1.91. The Morgan fingerprint density at radius 3 is 2.58 bits per heavy atom. The highest BCUT2D eigenvalue weighted by molar-refractivity contribution is 5.93. The van der Waals surface area contributed by atoms with Crippen molar-refractivity contribution in [3.63, 3.8) is 0 Å². The molecule has 1 fully saturated rings. The molecule has 0 bridgehead atoms. The molecule has 1 aliphatic carbocycles. The van der Waals surface area contributed by atoms with Gasteiger partial charge >= 0.3 is 5.97 Å². The topological polar surface area (TPSA) is 55.4 Å². The van der Waals surface area contributed by atoms with Crippen molar-refractivity contribution < 1.29 is 14.3 Å². The first-order valence-electron chi connectivity index (χ1n) is 6.51. The highest BCUT2D eigenvalue weighted by Crippen LogP contribution is 2.38. The number of amides is 1. The fourth-order valence-electron chi connectivity index (χ4n) is 1.91. The average molecular weight is 261 g/mol. The second-order valence-electron chi connectivity index (χ2n) is 5.27. The SMILES string of the molecule is Cc1ccc(NC(=O)COC(=O)[C@@H]2C[C@H]2C)cc1C. The van der Waals surface area contributed by atoms with Crippen LogP contribution in [0.5, 0.6) is 0 Å². The van der Waals surface area contributed by atoms with E-state index in [0.717, 1.165) is 17.7 Å². The molecule has 0 unspecified atom stereocenters. The molecule has 0 aliphatic heterocycles. The standard InChI is InChI=1S/C15H19NO3/c1-9-4-5-12(6-10(9)2)16-14(17)8-19-15(18)13-7-11(13)3/h4-6,11,13H,7-8H2,1-3H3,(H,16,17)/t11-,13-/m1/s1. The van der Waals surface area contributed by atoms with Gasteiger partial charge in [0.1, 0.15) is 0 Å². The third kappa shape index (κ3) is 3.56. The largest absolute Gasteiger partial charge is 0.455 e. The predicted octanol–water partition coefficient (Wildman–Crippen LogP) is 2.44. The van der Waals surface area contributed by atoms with Gasteiger partial charge in [-0.2, -0.15) is 0 Å². The van der Waals surface area contributed by atoms with Gasteiger partial charge in [-0.1, -0.05) is 13.0 Å². The van der Waals surface area contributed by atoms with Crippen LogP contribution in [0.25, 0.3) is 0 Å². The van der Waals surface area contributed by atoms with E-state index in [1.165, 1.54) is 5.56 Å². The lowest BCUT2D eigenvalue weighted by molar-refractivity contribution is -0.148. The maximum atomic E-state index is 11.6. The number of hydrogen-bond donors (Lipinski definition) is 1. The minimum absolute atomic E-state index is 0.00517. The first kappa shape index (κ1) is 13.6. The van der Waals surface area contributed by atoms with Gasteiger partial charge in [0, 0.05) is 5.69 Å². The zero-order valence-corrected chi connectivity index (χ0v) is 11.5. The number of rotatable bonds is 4. The minimum atomic E-state index is -0.301. The highest BCUT2D eigenvalue weighted by Gasteiger charge is 2.40. The number of aryl methyl sites for hydroxylation is 2. The van der Waals surface area contributed by atoms with E-state index in [9.17, 15) is 9.59 Å². The molecule has 1 aromatic rings. The number of nitrogens with one attached hydrogen (secondary N) is 1. The second kappa shape index (κ2) is 5.43. The van der Waals surface area contributed by atoms with E-state index >= 15 is 0 Å². The second-order valence-corrected chi connectivity index (χ2v) is 5.27. The molecule has 0 spiro atoms. The Hall–Kier alpha value is -1.84. The maximum absolute atomic E-state index is 11.6. The van der Waals surface area contributed by atoms with Crippen molar-refractivity contribution in [2.75, 3.05) is 11.9 Å². The summed E-state index contributed by atoms with van der Waals surface area (Å²) >= 11 is 0. The zero-order chi connectivity index (χ0) is 14.0. The molecule has 2 atom stereocenters. The summed E-state index contributed by atoms with van der Waals surface area (Å²) in [7, 11) is 0. The smallest absolute Gasteiger partial charge is 0.309 e. The van der Waals surface area contributed by atoms with E-state index in [2.05, 4.69) is 5.32 Å². The molecule has 1 amide bonds. The van der Waals surface area contributed by atoms with Gasteiger partial charge in [-0.25, -0.2) is 0 Å². The number of ether oxygens (including phenoxy) is 1. The van der Waals surface area contributed by atoms with E-state index < -0.39 is 0 Å². The van der Waals surface area contributed by atoms with Crippen LogP contribution in [-0.2, 0) is 14.3 Å². The lowest BCUT2D eigenvalue weighted by atomic mass is 10.1. The summed E-state index contributed by atoms with van der Waals surface area (Å²) in [4.78, 5) is 23.1. The number of hydrogen-bond acceptors (Lipinski definition) is 3. The molecule has 102 valence electrons. The van der Waals surface area contributed by atoms with Gasteiger partial charge in [0.05, 0.1) is 5.92 Å². The van der Waals surface area contributed by atoms with Crippen molar-refractivity contribution in [2.45, 2.75) is 27.2 Å². The Morgan fingerprint density at radius 2 is 2.00 bits per heavy atom. The third-order valence-electron chi connectivity index (χ3n) is 3.55. The summed E-state index contributed by atoms with van der Waals surface area (Å²) < 4.78 is 4.97. The Morgan fingerprint density at radius 1 is 1.32 bits per heavy atom. The number of benzene rings is 1. The van der Waals surface area contributed by atoms with Crippen LogP contribution in [0.2, 0.25) is 0 Å². The Bertz CT molecular complexity index is 510. The van der Waals surface area contributed by atoms with Crippen molar-refractivity contribution in [3.05, 3.63) is 29.3 Å².